The number of ether oxygens (including phenoxy) is 1. The Morgan fingerprint density at radius 2 is 1.81 bits per heavy atom. The van der Waals surface area contributed by atoms with E-state index < -0.39 is 23.8 Å². The lowest BCUT2D eigenvalue weighted by Crippen LogP contribution is -2.56. The molecule has 2 saturated heterocycles. The van der Waals surface area contributed by atoms with Crippen molar-refractivity contribution in [3.63, 3.8) is 0 Å². The lowest BCUT2D eigenvalue weighted by atomic mass is 9.98. The van der Waals surface area contributed by atoms with Gasteiger partial charge in [-0.25, -0.2) is 4.79 Å². The van der Waals surface area contributed by atoms with Crippen LogP contribution in [-0.4, -0.2) is 64.5 Å². The zero-order valence-electron chi connectivity index (χ0n) is 17.6. The Labute approximate surface area is 162 Å². The van der Waals surface area contributed by atoms with Gasteiger partial charge in [0.2, 0.25) is 11.8 Å². The number of fused-ring (bicyclic) bond motifs is 1. The van der Waals surface area contributed by atoms with Crippen LogP contribution in [0.4, 0.5) is 4.79 Å². The Kier molecular flexibility index (Phi) is 6.76. The van der Waals surface area contributed by atoms with Crippen molar-refractivity contribution in [2.75, 3.05) is 7.05 Å². The molecule has 7 heteroatoms. The van der Waals surface area contributed by atoms with Gasteiger partial charge in [0, 0.05) is 19.1 Å². The first-order chi connectivity index (χ1) is 12.5. The summed E-state index contributed by atoms with van der Waals surface area (Å²) in [5.41, 5.74) is -0.627. The monoisotopic (exact) mass is 381 g/mol. The van der Waals surface area contributed by atoms with E-state index in [4.69, 9.17) is 4.74 Å². The molecule has 0 radical (unpaired) electrons. The summed E-state index contributed by atoms with van der Waals surface area (Å²) in [4.78, 5) is 41.2. The topological polar surface area (TPSA) is 79.0 Å². The van der Waals surface area contributed by atoms with Crippen molar-refractivity contribution in [2.45, 2.75) is 103 Å². The third kappa shape index (κ3) is 5.36. The molecule has 2 aliphatic heterocycles. The van der Waals surface area contributed by atoms with Gasteiger partial charge in [0.1, 0.15) is 17.7 Å². The van der Waals surface area contributed by atoms with Gasteiger partial charge in [-0.3, -0.25) is 14.5 Å². The van der Waals surface area contributed by atoms with Crippen molar-refractivity contribution in [2.24, 2.45) is 0 Å². The minimum Gasteiger partial charge on any atom is -0.444 e. The van der Waals surface area contributed by atoms with Crippen LogP contribution >= 0.6 is 0 Å². The summed E-state index contributed by atoms with van der Waals surface area (Å²) in [5, 5.41) is 2.89. The second-order valence-corrected chi connectivity index (χ2v) is 8.94. The van der Waals surface area contributed by atoms with E-state index in [1.807, 2.05) is 4.90 Å². The van der Waals surface area contributed by atoms with Crippen LogP contribution in [0.15, 0.2) is 0 Å². The molecule has 0 aromatic rings. The van der Waals surface area contributed by atoms with Gasteiger partial charge in [-0.15, -0.1) is 0 Å². The van der Waals surface area contributed by atoms with Crippen molar-refractivity contribution in [3.8, 4) is 0 Å². The Morgan fingerprint density at radius 1 is 1.19 bits per heavy atom. The molecule has 1 N–H and O–H groups in total. The summed E-state index contributed by atoms with van der Waals surface area (Å²) in [6.45, 7) is 9.07. The lowest BCUT2D eigenvalue weighted by Gasteiger charge is -2.35. The van der Waals surface area contributed by atoms with Crippen LogP contribution < -0.4 is 5.32 Å². The number of nitrogens with one attached hydrogen (secondary N) is 1. The van der Waals surface area contributed by atoms with Crippen molar-refractivity contribution in [1.29, 1.82) is 0 Å². The Balaban J connectivity index is 2.02. The van der Waals surface area contributed by atoms with E-state index in [2.05, 4.69) is 12.2 Å². The average molecular weight is 382 g/mol. The fourth-order valence-corrected chi connectivity index (χ4v) is 3.88. The van der Waals surface area contributed by atoms with Crippen LogP contribution in [0.5, 0.6) is 0 Å². The number of likely N-dealkylation sites (N-methyl/N-ethyl adjacent to an activating group) is 1. The first-order valence-corrected chi connectivity index (χ1v) is 10.1. The van der Waals surface area contributed by atoms with Gasteiger partial charge in [-0.1, -0.05) is 12.8 Å². The maximum atomic E-state index is 13.0. The molecule has 154 valence electrons. The van der Waals surface area contributed by atoms with Gasteiger partial charge >= 0.3 is 6.09 Å². The number of rotatable bonds is 3. The number of hydrogen-bond donors (Lipinski definition) is 1. The number of amides is 3. The third-order valence-electron chi connectivity index (χ3n) is 5.58. The normalized spacial score (nSPS) is 27.3. The molecule has 0 aliphatic carbocycles. The molecule has 27 heavy (non-hydrogen) atoms. The van der Waals surface area contributed by atoms with E-state index >= 15 is 0 Å². The van der Waals surface area contributed by atoms with Crippen LogP contribution in [0, 0.1) is 0 Å². The van der Waals surface area contributed by atoms with E-state index in [-0.39, 0.29) is 17.9 Å². The van der Waals surface area contributed by atoms with E-state index in [1.54, 1.807) is 27.7 Å². The molecule has 4 atom stereocenters. The van der Waals surface area contributed by atoms with Gasteiger partial charge in [0.05, 0.1) is 0 Å². The van der Waals surface area contributed by atoms with Crippen molar-refractivity contribution in [1.82, 2.24) is 15.1 Å². The second kappa shape index (κ2) is 8.48. The van der Waals surface area contributed by atoms with Crippen LogP contribution in [0.1, 0.15) is 73.1 Å². The summed E-state index contributed by atoms with van der Waals surface area (Å²) in [6, 6.07) is -0.712. The van der Waals surface area contributed by atoms with Crippen LogP contribution in [0.3, 0.4) is 0 Å². The summed E-state index contributed by atoms with van der Waals surface area (Å²) < 4.78 is 5.32. The van der Waals surface area contributed by atoms with Crippen LogP contribution in [0.25, 0.3) is 0 Å². The molecule has 2 fully saturated rings. The van der Waals surface area contributed by atoms with E-state index in [1.165, 1.54) is 11.9 Å². The predicted molar refractivity (Wildman–Crippen MR) is 103 cm³/mol. The minimum absolute atomic E-state index is 0.0187. The van der Waals surface area contributed by atoms with Crippen molar-refractivity contribution < 1.29 is 19.1 Å². The summed E-state index contributed by atoms with van der Waals surface area (Å²) >= 11 is 0. The molecule has 0 bridgehead atoms. The van der Waals surface area contributed by atoms with Crippen molar-refractivity contribution >= 4 is 17.9 Å². The summed E-state index contributed by atoms with van der Waals surface area (Å²) in [6.07, 6.45) is 5.20. The zero-order chi connectivity index (χ0) is 20.4. The van der Waals surface area contributed by atoms with E-state index in [0.717, 1.165) is 32.1 Å². The molecule has 7 nitrogen and oxygen atoms in total. The fourth-order valence-electron chi connectivity index (χ4n) is 3.88. The highest BCUT2D eigenvalue weighted by molar-refractivity contribution is 5.91. The Hall–Kier alpha value is -1.79. The number of carbonyl (C=O) groups is 3. The predicted octanol–water partition coefficient (Wildman–Crippen LogP) is 2.68. The van der Waals surface area contributed by atoms with Gasteiger partial charge in [-0.2, -0.15) is 0 Å². The zero-order valence-corrected chi connectivity index (χ0v) is 17.6. The van der Waals surface area contributed by atoms with E-state index in [0.29, 0.717) is 12.5 Å². The van der Waals surface area contributed by atoms with Gasteiger partial charge in [-0.05, 0) is 60.3 Å². The quantitative estimate of drug-likeness (QED) is 0.815. The Morgan fingerprint density at radius 3 is 2.44 bits per heavy atom. The third-order valence-corrected chi connectivity index (χ3v) is 5.58. The first-order valence-electron chi connectivity index (χ1n) is 10.1. The first kappa shape index (κ1) is 21.5. The fraction of sp³-hybridized carbons (Fsp3) is 0.850. The molecule has 4 unspecified atom stereocenters. The summed E-state index contributed by atoms with van der Waals surface area (Å²) in [5.74, 6) is -0.309. The molecule has 0 spiro atoms. The molecule has 0 aromatic carbocycles. The Bertz CT molecular complexity index is 572. The SMILES string of the molecule is CC(C(=O)NC1CCCCC2CCC(C)N2C1=O)N(C)C(=O)OC(C)(C)C. The maximum absolute atomic E-state index is 13.0. The molecular formula is C20H35N3O4. The number of hydrogen-bond acceptors (Lipinski definition) is 4. The standard InChI is InChI=1S/C20H35N3O4/c1-13-11-12-15-9-7-8-10-16(18(25)23(13)15)21-17(24)14(2)22(6)19(26)27-20(3,4)5/h13-16H,7-12H2,1-6H3,(H,21,24). The van der Waals surface area contributed by atoms with Gasteiger partial charge in [0.15, 0.2) is 0 Å². The number of carbonyl (C=O) groups excluding carboxylic acids is 3. The molecular weight excluding hydrogens is 346 g/mol. The van der Waals surface area contributed by atoms with E-state index in [9.17, 15) is 14.4 Å². The smallest absolute Gasteiger partial charge is 0.410 e. The summed E-state index contributed by atoms with van der Waals surface area (Å²) in [7, 11) is 1.54. The largest absolute Gasteiger partial charge is 0.444 e. The van der Waals surface area contributed by atoms with Crippen molar-refractivity contribution in [3.05, 3.63) is 0 Å². The average Bonchev–Trinajstić information content (AvgIpc) is 2.92. The van der Waals surface area contributed by atoms with Gasteiger partial charge in [0.25, 0.3) is 0 Å². The maximum Gasteiger partial charge on any atom is 0.410 e. The minimum atomic E-state index is -0.718. The molecule has 3 amide bonds. The lowest BCUT2D eigenvalue weighted by molar-refractivity contribution is -0.140. The molecule has 0 saturated carbocycles. The molecule has 0 aromatic heterocycles. The highest BCUT2D eigenvalue weighted by Crippen LogP contribution is 2.30. The van der Waals surface area contributed by atoms with Crippen LogP contribution in [-0.2, 0) is 14.3 Å². The van der Waals surface area contributed by atoms with Gasteiger partial charge < -0.3 is 15.0 Å². The number of nitrogens with zero attached hydrogens (tertiary/aromatic N) is 2. The second-order valence-electron chi connectivity index (χ2n) is 8.94. The highest BCUT2D eigenvalue weighted by Gasteiger charge is 2.39. The highest BCUT2D eigenvalue weighted by atomic mass is 16.6. The molecule has 2 rings (SSSR count). The molecule has 2 aliphatic rings. The van der Waals surface area contributed by atoms with Crippen LogP contribution in [0.2, 0.25) is 0 Å². The molecule has 2 heterocycles.